The molecule has 0 aliphatic heterocycles. The molecule has 2 nitrogen and oxygen atoms in total. The Morgan fingerprint density at radius 2 is 1.78 bits per heavy atom. The van der Waals surface area contributed by atoms with Crippen molar-refractivity contribution in [1.82, 2.24) is 0 Å². The number of hydrogen-bond acceptors (Lipinski definition) is 2. The maximum atomic E-state index is 9.26. The Hall–Kier alpha value is -2.79. The van der Waals surface area contributed by atoms with Crippen molar-refractivity contribution in [3.63, 3.8) is 0 Å². The second-order valence-corrected chi connectivity index (χ2v) is 5.44. The Bertz CT molecular complexity index is 779. The summed E-state index contributed by atoms with van der Waals surface area (Å²) in [5.41, 5.74) is 6.68. The summed E-state index contributed by atoms with van der Waals surface area (Å²) in [4.78, 5) is 0. The average molecular weight is 302 g/mol. The summed E-state index contributed by atoms with van der Waals surface area (Å²) in [7, 11) is 0. The summed E-state index contributed by atoms with van der Waals surface area (Å²) in [6.07, 6.45) is 1.75. The van der Waals surface area contributed by atoms with Crippen molar-refractivity contribution in [3.05, 3.63) is 77.9 Å². The summed E-state index contributed by atoms with van der Waals surface area (Å²) in [6.45, 7) is 12.4. The third kappa shape index (κ3) is 3.70. The third-order valence-corrected chi connectivity index (χ3v) is 3.97. The zero-order valence-electron chi connectivity index (χ0n) is 13.8. The monoisotopic (exact) mass is 302 g/mol. The first kappa shape index (κ1) is 16.6. The molecule has 0 amide bonds. The Morgan fingerprint density at radius 1 is 1.09 bits per heavy atom. The van der Waals surface area contributed by atoms with Crippen LogP contribution >= 0.6 is 0 Å². The molecule has 0 heterocycles. The highest BCUT2D eigenvalue weighted by Gasteiger charge is 2.09. The van der Waals surface area contributed by atoms with E-state index in [1.165, 1.54) is 0 Å². The van der Waals surface area contributed by atoms with Crippen LogP contribution in [0.15, 0.2) is 55.6 Å². The van der Waals surface area contributed by atoms with E-state index < -0.39 is 0 Å². The molecule has 0 spiro atoms. The number of hydrogen-bond donors (Lipinski definition) is 1. The van der Waals surface area contributed by atoms with Gasteiger partial charge in [-0.05, 0) is 41.7 Å². The lowest BCUT2D eigenvalue weighted by atomic mass is 9.97. The summed E-state index contributed by atoms with van der Waals surface area (Å²) >= 11 is 0. The molecule has 0 bridgehead atoms. The molecule has 2 aromatic carbocycles. The SMILES string of the molecule is C=C(CC)c1ccccc1C(=C)Nc1ccc(CC)c(C#N)c1. The molecule has 23 heavy (non-hydrogen) atoms. The van der Waals surface area contributed by atoms with E-state index in [4.69, 9.17) is 0 Å². The first-order chi connectivity index (χ1) is 11.1. The first-order valence-corrected chi connectivity index (χ1v) is 7.87. The van der Waals surface area contributed by atoms with E-state index in [1.54, 1.807) is 0 Å². The number of rotatable bonds is 6. The van der Waals surface area contributed by atoms with E-state index in [-0.39, 0.29) is 0 Å². The van der Waals surface area contributed by atoms with E-state index in [1.807, 2.05) is 36.4 Å². The van der Waals surface area contributed by atoms with Gasteiger partial charge in [0.15, 0.2) is 0 Å². The van der Waals surface area contributed by atoms with E-state index in [9.17, 15) is 5.26 Å². The van der Waals surface area contributed by atoms with Crippen LogP contribution in [0.5, 0.6) is 0 Å². The Balaban J connectivity index is 2.30. The Morgan fingerprint density at radius 3 is 2.39 bits per heavy atom. The van der Waals surface area contributed by atoms with Crippen LogP contribution in [0.3, 0.4) is 0 Å². The minimum Gasteiger partial charge on any atom is -0.355 e. The number of nitriles is 1. The summed E-state index contributed by atoms with van der Waals surface area (Å²) < 4.78 is 0. The lowest BCUT2D eigenvalue weighted by molar-refractivity contribution is 1.13. The predicted octanol–water partition coefficient (Wildman–Crippen LogP) is 5.63. The second kappa shape index (κ2) is 7.47. The van der Waals surface area contributed by atoms with Gasteiger partial charge in [0.1, 0.15) is 0 Å². The van der Waals surface area contributed by atoms with Crippen molar-refractivity contribution in [1.29, 1.82) is 5.26 Å². The maximum absolute atomic E-state index is 9.26. The number of benzene rings is 2. The van der Waals surface area contributed by atoms with Gasteiger partial charge in [-0.1, -0.05) is 57.3 Å². The molecule has 2 heteroatoms. The van der Waals surface area contributed by atoms with E-state index in [2.05, 4.69) is 44.5 Å². The second-order valence-electron chi connectivity index (χ2n) is 5.44. The molecule has 2 aromatic rings. The standard InChI is InChI=1S/C21H22N2/c1-5-15(3)20-9-7-8-10-21(20)16(4)23-19-12-11-17(6-2)18(13-19)14-22/h7-13,23H,3-6H2,1-2H3. The van der Waals surface area contributed by atoms with Crippen molar-refractivity contribution in [2.24, 2.45) is 0 Å². The molecule has 2 rings (SSSR count). The molecule has 0 radical (unpaired) electrons. The lowest BCUT2D eigenvalue weighted by Gasteiger charge is -2.15. The summed E-state index contributed by atoms with van der Waals surface area (Å²) in [6, 6.07) is 16.2. The van der Waals surface area contributed by atoms with Gasteiger partial charge in [-0.3, -0.25) is 0 Å². The minimum atomic E-state index is 0.705. The quantitative estimate of drug-likeness (QED) is 0.751. The Kier molecular flexibility index (Phi) is 5.38. The summed E-state index contributed by atoms with van der Waals surface area (Å²) in [5, 5.41) is 12.6. The van der Waals surface area contributed by atoms with Crippen LogP contribution < -0.4 is 5.32 Å². The molecule has 0 fully saturated rings. The highest BCUT2D eigenvalue weighted by atomic mass is 14.9. The lowest BCUT2D eigenvalue weighted by Crippen LogP contribution is -2.01. The fourth-order valence-corrected chi connectivity index (χ4v) is 2.55. The molecule has 0 saturated heterocycles. The number of nitrogens with zero attached hydrogens (tertiary/aromatic N) is 1. The third-order valence-electron chi connectivity index (χ3n) is 3.97. The highest BCUT2D eigenvalue weighted by Crippen LogP contribution is 2.27. The van der Waals surface area contributed by atoms with E-state index in [0.717, 1.165) is 46.5 Å². The van der Waals surface area contributed by atoms with Crippen molar-refractivity contribution < 1.29 is 0 Å². The van der Waals surface area contributed by atoms with Crippen LogP contribution in [0.25, 0.3) is 11.3 Å². The van der Waals surface area contributed by atoms with Crippen LogP contribution in [-0.4, -0.2) is 0 Å². The first-order valence-electron chi connectivity index (χ1n) is 7.87. The van der Waals surface area contributed by atoms with Crippen molar-refractivity contribution in [2.75, 3.05) is 5.32 Å². The smallest absolute Gasteiger partial charge is 0.0995 e. The van der Waals surface area contributed by atoms with Gasteiger partial charge in [-0.15, -0.1) is 0 Å². The topological polar surface area (TPSA) is 35.8 Å². The largest absolute Gasteiger partial charge is 0.355 e. The van der Waals surface area contributed by atoms with Gasteiger partial charge in [0.05, 0.1) is 11.6 Å². The van der Waals surface area contributed by atoms with Gasteiger partial charge in [0.25, 0.3) is 0 Å². The highest BCUT2D eigenvalue weighted by molar-refractivity contribution is 5.83. The van der Waals surface area contributed by atoms with Crippen molar-refractivity contribution in [2.45, 2.75) is 26.7 Å². The molecule has 0 atom stereocenters. The van der Waals surface area contributed by atoms with E-state index in [0.29, 0.717) is 5.56 Å². The van der Waals surface area contributed by atoms with Gasteiger partial charge >= 0.3 is 0 Å². The van der Waals surface area contributed by atoms with Gasteiger partial charge in [0, 0.05) is 16.9 Å². The zero-order valence-corrected chi connectivity index (χ0v) is 13.8. The zero-order chi connectivity index (χ0) is 16.8. The molecule has 0 aliphatic carbocycles. The normalized spacial score (nSPS) is 9.96. The van der Waals surface area contributed by atoms with Crippen LogP contribution in [0.2, 0.25) is 0 Å². The number of allylic oxidation sites excluding steroid dienone is 1. The molecule has 0 aromatic heterocycles. The molecular formula is C21H22N2. The van der Waals surface area contributed by atoms with Crippen molar-refractivity contribution >= 4 is 17.0 Å². The van der Waals surface area contributed by atoms with Crippen LogP contribution in [0, 0.1) is 11.3 Å². The molecular weight excluding hydrogens is 280 g/mol. The number of aryl methyl sites for hydroxylation is 1. The predicted molar refractivity (Wildman–Crippen MR) is 99.0 cm³/mol. The van der Waals surface area contributed by atoms with E-state index >= 15 is 0 Å². The number of nitrogens with one attached hydrogen (secondary N) is 1. The van der Waals surface area contributed by atoms with Gasteiger partial charge in [-0.2, -0.15) is 5.26 Å². The van der Waals surface area contributed by atoms with Gasteiger partial charge < -0.3 is 5.32 Å². The van der Waals surface area contributed by atoms with Gasteiger partial charge in [0.2, 0.25) is 0 Å². The fraction of sp³-hybridized carbons (Fsp3) is 0.190. The minimum absolute atomic E-state index is 0.705. The van der Waals surface area contributed by atoms with Crippen LogP contribution in [0.4, 0.5) is 5.69 Å². The molecule has 116 valence electrons. The van der Waals surface area contributed by atoms with Crippen LogP contribution in [0.1, 0.15) is 42.5 Å². The van der Waals surface area contributed by atoms with Gasteiger partial charge in [-0.25, -0.2) is 0 Å². The average Bonchev–Trinajstić information content (AvgIpc) is 2.60. The molecule has 0 saturated carbocycles. The van der Waals surface area contributed by atoms with Crippen LogP contribution in [-0.2, 0) is 6.42 Å². The van der Waals surface area contributed by atoms with Crippen molar-refractivity contribution in [3.8, 4) is 6.07 Å². The summed E-state index contributed by atoms with van der Waals surface area (Å²) in [5.74, 6) is 0. The molecule has 1 N–H and O–H groups in total. The Labute approximate surface area is 138 Å². The maximum Gasteiger partial charge on any atom is 0.0995 e. The molecule has 0 aliphatic rings. The number of anilines is 1. The fourth-order valence-electron chi connectivity index (χ4n) is 2.55. The molecule has 0 unspecified atom stereocenters.